The van der Waals surface area contributed by atoms with E-state index in [1.54, 1.807) is 18.5 Å². The number of fused-ring (bicyclic) bond motifs is 1. The first-order valence-electron chi connectivity index (χ1n) is 8.50. The summed E-state index contributed by atoms with van der Waals surface area (Å²) < 4.78 is 0. The topological polar surface area (TPSA) is 83.0 Å². The Balaban J connectivity index is 1.70. The number of nitrogens with one attached hydrogen (secondary N) is 2. The molecular weight excluding hydrogens is 328 g/mol. The Morgan fingerprint density at radius 2 is 1.92 bits per heavy atom. The smallest absolute Gasteiger partial charge is 0.270 e. The first kappa shape index (κ1) is 17.8. The van der Waals surface area contributed by atoms with Crippen LogP contribution in [0.25, 0.3) is 10.9 Å². The van der Waals surface area contributed by atoms with Crippen LogP contribution in [0.5, 0.6) is 0 Å². The second-order valence-electron chi connectivity index (χ2n) is 6.18. The Kier molecular flexibility index (Phi) is 5.70. The van der Waals surface area contributed by atoms with Crippen molar-refractivity contribution in [2.45, 2.75) is 6.42 Å². The minimum Gasteiger partial charge on any atom is -0.351 e. The molecule has 0 atom stereocenters. The van der Waals surface area contributed by atoms with Crippen LogP contribution in [0, 0.1) is 0 Å². The zero-order chi connectivity index (χ0) is 18.4. The van der Waals surface area contributed by atoms with Gasteiger partial charge in [0.1, 0.15) is 5.69 Å². The van der Waals surface area contributed by atoms with E-state index in [1.165, 1.54) is 0 Å². The highest BCUT2D eigenvalue weighted by molar-refractivity contribution is 5.93. The second kappa shape index (κ2) is 8.35. The lowest BCUT2D eigenvalue weighted by molar-refractivity contribution is 0.0947. The van der Waals surface area contributed by atoms with E-state index in [4.69, 9.17) is 0 Å². The average Bonchev–Trinajstić information content (AvgIpc) is 2.65. The number of amides is 1. The van der Waals surface area contributed by atoms with E-state index in [0.29, 0.717) is 18.2 Å². The van der Waals surface area contributed by atoms with Crippen LogP contribution in [0.1, 0.15) is 16.9 Å². The summed E-state index contributed by atoms with van der Waals surface area (Å²) in [7, 11) is 4.01. The van der Waals surface area contributed by atoms with Gasteiger partial charge in [0.05, 0.1) is 11.2 Å². The summed E-state index contributed by atoms with van der Waals surface area (Å²) >= 11 is 0. The molecule has 3 aromatic rings. The summed E-state index contributed by atoms with van der Waals surface area (Å²) in [5, 5.41) is 7.05. The molecule has 26 heavy (non-hydrogen) atoms. The van der Waals surface area contributed by atoms with Gasteiger partial charge in [-0.25, -0.2) is 9.97 Å². The summed E-state index contributed by atoms with van der Waals surface area (Å²) in [5.41, 5.74) is 1.96. The van der Waals surface area contributed by atoms with Gasteiger partial charge in [-0.3, -0.25) is 9.78 Å². The number of pyridine rings is 1. The van der Waals surface area contributed by atoms with Crippen molar-refractivity contribution in [3.8, 4) is 0 Å². The van der Waals surface area contributed by atoms with Gasteiger partial charge in [0, 0.05) is 24.3 Å². The lowest BCUT2D eigenvalue weighted by atomic mass is 10.2. The molecule has 0 fully saturated rings. The third kappa shape index (κ3) is 4.52. The molecule has 1 amide bonds. The molecule has 2 N–H and O–H groups in total. The maximum Gasteiger partial charge on any atom is 0.270 e. The summed E-state index contributed by atoms with van der Waals surface area (Å²) in [6, 6.07) is 11.3. The molecule has 134 valence electrons. The molecule has 1 aromatic carbocycles. The van der Waals surface area contributed by atoms with Gasteiger partial charge in [0.2, 0.25) is 5.95 Å². The molecule has 0 bridgehead atoms. The number of aromatic nitrogens is 3. The van der Waals surface area contributed by atoms with Crippen LogP contribution >= 0.6 is 0 Å². The lowest BCUT2D eigenvalue weighted by Crippen LogP contribution is -2.28. The quantitative estimate of drug-likeness (QED) is 0.637. The van der Waals surface area contributed by atoms with E-state index in [-0.39, 0.29) is 5.91 Å². The number of rotatable bonds is 7. The summed E-state index contributed by atoms with van der Waals surface area (Å²) in [5.74, 6) is 0.161. The molecule has 0 aliphatic rings. The molecule has 0 saturated heterocycles. The fraction of sp³-hybridized carbons (Fsp3) is 0.263. The number of hydrogen-bond acceptors (Lipinski definition) is 6. The van der Waals surface area contributed by atoms with Gasteiger partial charge in [0.15, 0.2) is 0 Å². The molecule has 2 aromatic heterocycles. The van der Waals surface area contributed by atoms with Crippen LogP contribution in [0.3, 0.4) is 0 Å². The molecule has 2 heterocycles. The van der Waals surface area contributed by atoms with Gasteiger partial charge in [-0.05, 0) is 45.3 Å². The molecule has 0 spiro atoms. The Bertz CT molecular complexity index is 891. The highest BCUT2D eigenvalue weighted by atomic mass is 16.1. The highest BCUT2D eigenvalue weighted by Crippen LogP contribution is 2.22. The van der Waals surface area contributed by atoms with Gasteiger partial charge in [-0.15, -0.1) is 0 Å². The first-order valence-corrected chi connectivity index (χ1v) is 8.50. The normalized spacial score (nSPS) is 10.9. The van der Waals surface area contributed by atoms with E-state index in [9.17, 15) is 4.79 Å². The molecule has 0 unspecified atom stereocenters. The van der Waals surface area contributed by atoms with Crippen LogP contribution in [0.2, 0.25) is 0 Å². The maximum absolute atomic E-state index is 12.3. The van der Waals surface area contributed by atoms with Crippen molar-refractivity contribution < 1.29 is 4.79 Å². The number of carbonyl (C=O) groups is 1. The van der Waals surface area contributed by atoms with E-state index >= 15 is 0 Å². The SMILES string of the molecule is CN(C)CCCNC(=O)c1ccnc(Nc2cccc3cccnc23)n1. The van der Waals surface area contributed by atoms with Crippen molar-refractivity contribution in [1.29, 1.82) is 0 Å². The third-order valence-electron chi connectivity index (χ3n) is 3.84. The van der Waals surface area contributed by atoms with Crippen LogP contribution < -0.4 is 10.6 Å². The van der Waals surface area contributed by atoms with Crippen molar-refractivity contribution in [2.75, 3.05) is 32.5 Å². The monoisotopic (exact) mass is 350 g/mol. The van der Waals surface area contributed by atoms with Crippen LogP contribution in [-0.4, -0.2) is 52.9 Å². The Morgan fingerprint density at radius 1 is 1.08 bits per heavy atom. The van der Waals surface area contributed by atoms with Crippen molar-refractivity contribution >= 4 is 28.4 Å². The van der Waals surface area contributed by atoms with Crippen molar-refractivity contribution in [3.05, 3.63) is 54.5 Å². The van der Waals surface area contributed by atoms with E-state index < -0.39 is 0 Å². The number of para-hydroxylation sites is 1. The molecule has 7 heteroatoms. The largest absolute Gasteiger partial charge is 0.351 e. The van der Waals surface area contributed by atoms with Gasteiger partial charge >= 0.3 is 0 Å². The molecule has 0 saturated carbocycles. The predicted octanol–water partition coefficient (Wildman–Crippen LogP) is 2.45. The number of anilines is 2. The third-order valence-corrected chi connectivity index (χ3v) is 3.84. The molecule has 0 aliphatic carbocycles. The predicted molar refractivity (Wildman–Crippen MR) is 103 cm³/mol. The van der Waals surface area contributed by atoms with Gasteiger partial charge in [-0.2, -0.15) is 0 Å². The molecule has 0 aliphatic heterocycles. The molecule has 0 radical (unpaired) electrons. The van der Waals surface area contributed by atoms with E-state index in [1.807, 2.05) is 44.4 Å². The maximum atomic E-state index is 12.3. The fourth-order valence-corrected chi connectivity index (χ4v) is 2.56. The highest BCUT2D eigenvalue weighted by Gasteiger charge is 2.09. The van der Waals surface area contributed by atoms with Crippen LogP contribution in [0.15, 0.2) is 48.8 Å². The fourth-order valence-electron chi connectivity index (χ4n) is 2.56. The van der Waals surface area contributed by atoms with Crippen molar-refractivity contribution in [2.24, 2.45) is 0 Å². The summed E-state index contributed by atoms with van der Waals surface area (Å²) in [6.07, 6.45) is 4.20. The van der Waals surface area contributed by atoms with Crippen molar-refractivity contribution in [3.63, 3.8) is 0 Å². The average molecular weight is 350 g/mol. The van der Waals surface area contributed by atoms with Crippen molar-refractivity contribution in [1.82, 2.24) is 25.2 Å². The minimum atomic E-state index is -0.203. The number of nitrogens with zero attached hydrogens (tertiary/aromatic N) is 4. The molecule has 3 rings (SSSR count). The second-order valence-corrected chi connectivity index (χ2v) is 6.18. The Morgan fingerprint density at radius 3 is 2.77 bits per heavy atom. The summed E-state index contributed by atoms with van der Waals surface area (Å²) in [6.45, 7) is 1.53. The van der Waals surface area contributed by atoms with Crippen LogP contribution in [0.4, 0.5) is 11.6 Å². The Hall–Kier alpha value is -3.06. The minimum absolute atomic E-state index is 0.203. The summed E-state index contributed by atoms with van der Waals surface area (Å²) in [4.78, 5) is 27.3. The van der Waals surface area contributed by atoms with Gasteiger partial charge in [-0.1, -0.05) is 18.2 Å². The van der Waals surface area contributed by atoms with E-state index in [2.05, 4.69) is 30.5 Å². The first-order chi connectivity index (χ1) is 12.6. The van der Waals surface area contributed by atoms with Gasteiger partial charge in [0.25, 0.3) is 5.91 Å². The standard InChI is InChI=1S/C19H22N6O/c1-25(2)13-5-11-21-18(26)16-9-12-22-19(24-16)23-15-8-3-6-14-7-4-10-20-17(14)15/h3-4,6-10,12H,5,11,13H2,1-2H3,(H,21,26)(H,22,23,24). The lowest BCUT2D eigenvalue weighted by Gasteiger charge is -2.10. The number of carbonyl (C=O) groups excluding carboxylic acids is 1. The van der Waals surface area contributed by atoms with E-state index in [0.717, 1.165) is 29.6 Å². The molecule has 7 nitrogen and oxygen atoms in total. The zero-order valence-electron chi connectivity index (χ0n) is 14.9. The van der Waals surface area contributed by atoms with Gasteiger partial charge < -0.3 is 15.5 Å². The molecular formula is C19H22N6O. The Labute approximate surface area is 152 Å². The zero-order valence-corrected chi connectivity index (χ0v) is 14.9. The number of benzene rings is 1. The van der Waals surface area contributed by atoms with Crippen LogP contribution in [-0.2, 0) is 0 Å². The number of hydrogen-bond donors (Lipinski definition) is 2.